The van der Waals surface area contributed by atoms with Gasteiger partial charge in [0.1, 0.15) is 18.4 Å². The van der Waals surface area contributed by atoms with E-state index in [-0.39, 0.29) is 0 Å². The van der Waals surface area contributed by atoms with Gasteiger partial charge in [-0.25, -0.2) is 0 Å². The van der Waals surface area contributed by atoms with Crippen LogP contribution in [0.25, 0.3) is 10.9 Å². The fourth-order valence-electron chi connectivity index (χ4n) is 3.15. The number of fused-ring (bicyclic) bond motifs is 3. The van der Waals surface area contributed by atoms with E-state index >= 15 is 0 Å². The molecule has 0 fully saturated rings. The summed E-state index contributed by atoms with van der Waals surface area (Å²) in [6.45, 7) is 1.05. The number of ether oxygens (including phenoxy) is 1. The van der Waals surface area contributed by atoms with E-state index in [0.717, 1.165) is 40.0 Å². The number of pyridine rings is 1. The molecule has 0 radical (unpaired) electrons. The average molecular weight is 323 g/mol. The van der Waals surface area contributed by atoms with E-state index in [2.05, 4.69) is 15.3 Å². The van der Waals surface area contributed by atoms with Gasteiger partial charge in [0.05, 0.1) is 5.69 Å². The number of aromatic amines is 1. The standard InChI is InChI=1S/C18H17N3O3/c22-18(23)17-16-13(6-8-20-17)14-9-12(4-5-15(14)21-16)24-10-11-3-1-2-7-19-11/h1-5,7,9,17,20-21H,6,8,10H2,(H,22,23). The fraction of sp³-hybridized carbons (Fsp3) is 0.222. The lowest BCUT2D eigenvalue weighted by Gasteiger charge is -2.20. The molecule has 0 spiro atoms. The first-order valence-corrected chi connectivity index (χ1v) is 7.86. The van der Waals surface area contributed by atoms with Gasteiger partial charge in [-0.05, 0) is 42.3 Å². The number of carboxylic acid groups (broad SMARTS) is 1. The summed E-state index contributed by atoms with van der Waals surface area (Å²) in [5.74, 6) is -0.116. The molecule has 0 amide bonds. The van der Waals surface area contributed by atoms with Gasteiger partial charge >= 0.3 is 5.97 Å². The van der Waals surface area contributed by atoms with Crippen molar-refractivity contribution in [2.24, 2.45) is 0 Å². The zero-order valence-corrected chi connectivity index (χ0v) is 13.0. The zero-order valence-electron chi connectivity index (χ0n) is 13.0. The topological polar surface area (TPSA) is 87.2 Å². The van der Waals surface area contributed by atoms with Gasteiger partial charge in [-0.1, -0.05) is 6.07 Å². The quantitative estimate of drug-likeness (QED) is 0.686. The van der Waals surface area contributed by atoms with Crippen molar-refractivity contribution in [1.29, 1.82) is 0 Å². The first kappa shape index (κ1) is 14.7. The van der Waals surface area contributed by atoms with Crippen molar-refractivity contribution in [3.8, 4) is 5.75 Å². The summed E-state index contributed by atoms with van der Waals surface area (Å²) in [7, 11) is 0. The van der Waals surface area contributed by atoms with Crippen LogP contribution in [0.1, 0.15) is 23.0 Å². The summed E-state index contributed by atoms with van der Waals surface area (Å²) in [5, 5.41) is 13.4. The number of carbonyl (C=O) groups is 1. The highest BCUT2D eigenvalue weighted by molar-refractivity contribution is 5.89. The number of hydrogen-bond donors (Lipinski definition) is 3. The van der Waals surface area contributed by atoms with Gasteiger partial charge < -0.3 is 14.8 Å². The minimum Gasteiger partial charge on any atom is -0.487 e. The van der Waals surface area contributed by atoms with Gasteiger partial charge in [0, 0.05) is 29.3 Å². The van der Waals surface area contributed by atoms with Crippen molar-refractivity contribution in [3.05, 3.63) is 59.5 Å². The van der Waals surface area contributed by atoms with Gasteiger partial charge in [-0.2, -0.15) is 0 Å². The molecule has 0 saturated carbocycles. The van der Waals surface area contributed by atoms with Crippen LogP contribution < -0.4 is 10.1 Å². The Hall–Kier alpha value is -2.86. The Kier molecular flexibility index (Phi) is 3.66. The van der Waals surface area contributed by atoms with Crippen LogP contribution in [0.3, 0.4) is 0 Å². The van der Waals surface area contributed by atoms with Crippen LogP contribution in [-0.4, -0.2) is 27.6 Å². The summed E-state index contributed by atoms with van der Waals surface area (Å²) in [6.07, 6.45) is 2.53. The van der Waals surface area contributed by atoms with Gasteiger partial charge in [-0.3, -0.25) is 15.1 Å². The highest BCUT2D eigenvalue weighted by Gasteiger charge is 2.28. The lowest BCUT2D eigenvalue weighted by molar-refractivity contribution is -0.139. The van der Waals surface area contributed by atoms with Crippen LogP contribution in [0.4, 0.5) is 0 Å². The highest BCUT2D eigenvalue weighted by atomic mass is 16.5. The molecule has 2 aromatic heterocycles. The normalized spacial score (nSPS) is 16.8. The first-order chi connectivity index (χ1) is 11.7. The Morgan fingerprint density at radius 3 is 3.04 bits per heavy atom. The number of aliphatic carboxylic acids is 1. The lowest BCUT2D eigenvalue weighted by Crippen LogP contribution is -2.34. The second-order valence-electron chi connectivity index (χ2n) is 5.81. The smallest absolute Gasteiger partial charge is 0.326 e. The zero-order chi connectivity index (χ0) is 16.5. The average Bonchev–Trinajstić information content (AvgIpc) is 2.98. The molecule has 6 heteroatoms. The minimum absolute atomic E-state index is 0.401. The van der Waals surface area contributed by atoms with E-state index in [1.54, 1.807) is 6.20 Å². The highest BCUT2D eigenvalue weighted by Crippen LogP contribution is 2.32. The second kappa shape index (κ2) is 5.98. The second-order valence-corrected chi connectivity index (χ2v) is 5.81. The minimum atomic E-state index is -0.867. The number of nitrogens with one attached hydrogen (secondary N) is 2. The Morgan fingerprint density at radius 1 is 1.33 bits per heavy atom. The molecule has 1 aliphatic heterocycles. The molecular formula is C18H17N3O3. The van der Waals surface area contributed by atoms with Crippen molar-refractivity contribution in [3.63, 3.8) is 0 Å². The van der Waals surface area contributed by atoms with E-state index < -0.39 is 12.0 Å². The van der Waals surface area contributed by atoms with Crippen molar-refractivity contribution in [2.45, 2.75) is 19.1 Å². The maximum absolute atomic E-state index is 11.4. The van der Waals surface area contributed by atoms with Crippen LogP contribution in [0.5, 0.6) is 5.75 Å². The van der Waals surface area contributed by atoms with E-state index in [1.165, 1.54) is 0 Å². The van der Waals surface area contributed by atoms with Gasteiger partial charge in [0.25, 0.3) is 0 Å². The number of rotatable bonds is 4. The van der Waals surface area contributed by atoms with Crippen molar-refractivity contribution < 1.29 is 14.6 Å². The molecule has 0 saturated heterocycles. The number of hydrogen-bond acceptors (Lipinski definition) is 4. The third-order valence-electron chi connectivity index (χ3n) is 4.28. The maximum Gasteiger partial charge on any atom is 0.326 e. The predicted octanol–water partition coefficient (Wildman–Crippen LogP) is 2.41. The molecule has 3 heterocycles. The first-order valence-electron chi connectivity index (χ1n) is 7.86. The SMILES string of the molecule is O=C(O)C1NCCc2c1[nH]c1ccc(OCc3ccccn3)cc21. The maximum atomic E-state index is 11.4. The molecule has 0 aliphatic carbocycles. The van der Waals surface area contributed by atoms with Crippen molar-refractivity contribution >= 4 is 16.9 Å². The third-order valence-corrected chi connectivity index (χ3v) is 4.28. The third kappa shape index (κ3) is 2.61. The Labute approximate surface area is 138 Å². The molecule has 6 nitrogen and oxygen atoms in total. The largest absolute Gasteiger partial charge is 0.487 e. The Morgan fingerprint density at radius 2 is 2.25 bits per heavy atom. The molecule has 1 unspecified atom stereocenters. The van der Waals surface area contributed by atoms with E-state index in [0.29, 0.717) is 13.2 Å². The molecule has 3 aromatic rings. The van der Waals surface area contributed by atoms with E-state index in [4.69, 9.17) is 4.74 Å². The van der Waals surface area contributed by atoms with Crippen LogP contribution in [-0.2, 0) is 17.8 Å². The Bertz CT molecular complexity index is 889. The Balaban J connectivity index is 1.64. The van der Waals surface area contributed by atoms with Crippen LogP contribution >= 0.6 is 0 Å². The molecule has 122 valence electrons. The van der Waals surface area contributed by atoms with E-state index in [9.17, 15) is 9.90 Å². The molecule has 0 bridgehead atoms. The molecular weight excluding hydrogens is 306 g/mol. The fourth-order valence-corrected chi connectivity index (χ4v) is 3.15. The summed E-state index contributed by atoms with van der Waals surface area (Å²) in [5.41, 5.74) is 3.59. The van der Waals surface area contributed by atoms with Crippen molar-refractivity contribution in [2.75, 3.05) is 6.54 Å². The monoisotopic (exact) mass is 323 g/mol. The number of H-pyrrole nitrogens is 1. The molecule has 24 heavy (non-hydrogen) atoms. The van der Waals surface area contributed by atoms with Crippen LogP contribution in [0, 0.1) is 0 Å². The summed E-state index contributed by atoms with van der Waals surface area (Å²) < 4.78 is 5.83. The predicted molar refractivity (Wildman–Crippen MR) is 89.0 cm³/mol. The van der Waals surface area contributed by atoms with Crippen LogP contribution in [0.15, 0.2) is 42.6 Å². The molecule has 4 rings (SSSR count). The number of benzene rings is 1. The number of nitrogens with zero attached hydrogens (tertiary/aromatic N) is 1. The van der Waals surface area contributed by atoms with Crippen molar-refractivity contribution in [1.82, 2.24) is 15.3 Å². The molecule has 1 atom stereocenters. The summed E-state index contributed by atoms with van der Waals surface area (Å²) >= 11 is 0. The van der Waals surface area contributed by atoms with Gasteiger partial charge in [-0.15, -0.1) is 0 Å². The van der Waals surface area contributed by atoms with E-state index in [1.807, 2.05) is 36.4 Å². The lowest BCUT2D eigenvalue weighted by atomic mass is 9.99. The van der Waals surface area contributed by atoms with Crippen LogP contribution in [0.2, 0.25) is 0 Å². The molecule has 3 N–H and O–H groups in total. The number of aromatic nitrogens is 2. The van der Waals surface area contributed by atoms with Gasteiger partial charge in [0.15, 0.2) is 0 Å². The van der Waals surface area contributed by atoms with Gasteiger partial charge in [0.2, 0.25) is 0 Å². The summed E-state index contributed by atoms with van der Waals surface area (Å²) in [4.78, 5) is 18.9. The summed E-state index contributed by atoms with van der Waals surface area (Å²) in [6, 6.07) is 10.8. The molecule has 1 aliphatic rings. The molecule has 1 aromatic carbocycles. The number of carboxylic acids is 1.